The van der Waals surface area contributed by atoms with Gasteiger partial charge in [-0.1, -0.05) is 29.4 Å². The van der Waals surface area contributed by atoms with Gasteiger partial charge in [-0.3, -0.25) is 4.79 Å². The number of fused-ring (bicyclic) bond motifs is 1. The summed E-state index contributed by atoms with van der Waals surface area (Å²) in [4.78, 5) is 31.3. The fourth-order valence-corrected chi connectivity index (χ4v) is 7.20. The molecule has 0 unspecified atom stereocenters. The number of pyridine rings is 1. The van der Waals surface area contributed by atoms with Gasteiger partial charge < -0.3 is 27.0 Å². The third-order valence-corrected chi connectivity index (χ3v) is 10.1. The van der Waals surface area contributed by atoms with Crippen LogP contribution in [0.3, 0.4) is 0 Å². The van der Waals surface area contributed by atoms with E-state index in [0.717, 1.165) is 80.1 Å². The summed E-state index contributed by atoms with van der Waals surface area (Å²) in [6.07, 6.45) is 9.54. The van der Waals surface area contributed by atoms with Crippen molar-refractivity contribution in [2.24, 2.45) is 11.1 Å². The van der Waals surface area contributed by atoms with Gasteiger partial charge in [0.25, 0.3) is 5.91 Å². The number of carbonyl (C=O) groups excluding carboxylic acids is 1. The summed E-state index contributed by atoms with van der Waals surface area (Å²) in [6, 6.07) is 7.86. The van der Waals surface area contributed by atoms with E-state index >= 15 is 0 Å². The summed E-state index contributed by atoms with van der Waals surface area (Å²) in [6.45, 7) is 3.32. The number of halogens is 1. The fourth-order valence-electron chi connectivity index (χ4n) is 6.18. The van der Waals surface area contributed by atoms with Crippen LogP contribution in [0.5, 0.6) is 0 Å². The molecule has 3 aromatic rings. The lowest BCUT2D eigenvalue weighted by molar-refractivity contribution is 0.0724. The van der Waals surface area contributed by atoms with Gasteiger partial charge >= 0.3 is 0 Å². The normalized spacial score (nSPS) is 20.3. The number of likely N-dealkylation sites (tertiary alicyclic amines) is 1. The number of anilines is 3. The number of benzene rings is 1. The highest BCUT2D eigenvalue weighted by Gasteiger charge is 2.46. The van der Waals surface area contributed by atoms with Crippen LogP contribution in [0.25, 0.3) is 0 Å². The Morgan fingerprint density at radius 3 is 2.54 bits per heavy atom. The smallest absolute Gasteiger partial charge is 0.253 e. The first-order valence-corrected chi connectivity index (χ1v) is 14.7. The quantitative estimate of drug-likeness (QED) is 0.422. The Kier molecular flexibility index (Phi) is 7.03. The second-order valence-corrected chi connectivity index (χ2v) is 12.2. The molecule has 6 N–H and O–H groups in total. The highest BCUT2D eigenvalue weighted by atomic mass is 35.5. The van der Waals surface area contributed by atoms with E-state index in [-0.39, 0.29) is 23.2 Å². The number of nitrogens with zero attached hydrogens (tertiary/aromatic N) is 5. The molecule has 0 radical (unpaired) electrons. The molecule has 2 aromatic heterocycles. The summed E-state index contributed by atoms with van der Waals surface area (Å²) < 4.78 is 0. The second kappa shape index (κ2) is 10.5. The molecule has 1 atom stereocenters. The highest BCUT2D eigenvalue weighted by molar-refractivity contribution is 7.99. The van der Waals surface area contributed by atoms with Crippen molar-refractivity contribution in [1.29, 1.82) is 0 Å². The van der Waals surface area contributed by atoms with Crippen molar-refractivity contribution in [2.45, 2.75) is 54.5 Å². The highest BCUT2D eigenvalue weighted by Crippen LogP contribution is 2.51. The van der Waals surface area contributed by atoms with Crippen LogP contribution in [0.15, 0.2) is 46.6 Å². The van der Waals surface area contributed by atoms with Gasteiger partial charge in [0, 0.05) is 48.9 Å². The summed E-state index contributed by atoms with van der Waals surface area (Å²) in [5.41, 5.74) is 22.2. The minimum atomic E-state index is -0.0868. The number of hydrogen-bond acceptors (Lipinski definition) is 9. The van der Waals surface area contributed by atoms with Gasteiger partial charge in [-0.15, -0.1) is 0 Å². The molecule has 0 saturated carbocycles. The van der Waals surface area contributed by atoms with Gasteiger partial charge in [-0.25, -0.2) is 15.0 Å². The lowest BCUT2D eigenvalue weighted by Crippen LogP contribution is -2.44. The molecule has 1 aromatic carbocycles. The maximum atomic E-state index is 13.1. The minimum Gasteiger partial charge on any atom is -0.382 e. The second-order valence-electron chi connectivity index (χ2n) is 10.8. The third kappa shape index (κ3) is 4.90. The Bertz CT molecular complexity index is 1400. The van der Waals surface area contributed by atoms with Crippen LogP contribution in [0.1, 0.15) is 59.6 Å². The number of carbonyl (C=O) groups is 1. The van der Waals surface area contributed by atoms with Crippen molar-refractivity contribution in [3.8, 4) is 0 Å². The molecule has 39 heavy (non-hydrogen) atoms. The van der Waals surface area contributed by atoms with Gasteiger partial charge in [0.2, 0.25) is 0 Å². The van der Waals surface area contributed by atoms with Crippen molar-refractivity contribution >= 4 is 46.7 Å². The number of nitrogens with two attached hydrogens (primary N) is 3. The summed E-state index contributed by atoms with van der Waals surface area (Å²) in [7, 11) is 0. The summed E-state index contributed by atoms with van der Waals surface area (Å²) in [5.74, 6) is 1.50. The van der Waals surface area contributed by atoms with E-state index < -0.39 is 0 Å². The fraction of sp³-hybridized carbons (Fsp3) is 0.429. The molecule has 0 bridgehead atoms. The standard InChI is InChI=1S/C28H33ClN8OS/c29-22-20(6-9-33-24(22)31)39-26-25(32)35-21(16-34-26)36-12-7-28(8-13-36)15-18-5-4-17(14-19(18)23(28)30)27(38)37-10-2-1-3-11-37/h4-6,9,14,16,23H,1-3,7-8,10-13,15,30H2,(H2,31,33)(H2,32,35)/t23-/m1/s1. The molecule has 2 aliphatic heterocycles. The number of piperidine rings is 2. The van der Waals surface area contributed by atoms with Crippen molar-refractivity contribution in [3.05, 3.63) is 58.4 Å². The van der Waals surface area contributed by atoms with Gasteiger partial charge in [-0.2, -0.15) is 0 Å². The zero-order valence-electron chi connectivity index (χ0n) is 21.8. The van der Waals surface area contributed by atoms with Crippen LogP contribution in [-0.2, 0) is 6.42 Å². The Morgan fingerprint density at radius 2 is 1.79 bits per heavy atom. The number of aromatic nitrogens is 3. The molecule has 9 nitrogen and oxygen atoms in total. The number of rotatable bonds is 4. The molecule has 1 amide bonds. The van der Waals surface area contributed by atoms with E-state index in [4.69, 9.17) is 28.8 Å². The molecule has 11 heteroatoms. The van der Waals surface area contributed by atoms with Gasteiger partial charge in [0.15, 0.2) is 5.82 Å². The topological polar surface area (TPSA) is 140 Å². The van der Waals surface area contributed by atoms with Crippen LogP contribution in [0.4, 0.5) is 17.5 Å². The first kappa shape index (κ1) is 26.2. The molecule has 2 saturated heterocycles. The predicted octanol–water partition coefficient (Wildman–Crippen LogP) is 4.31. The lowest BCUT2D eigenvalue weighted by atomic mass is 9.73. The number of hydrogen-bond donors (Lipinski definition) is 3. The predicted molar refractivity (Wildman–Crippen MR) is 155 cm³/mol. The van der Waals surface area contributed by atoms with Crippen LogP contribution >= 0.6 is 23.4 Å². The Morgan fingerprint density at radius 1 is 1.03 bits per heavy atom. The van der Waals surface area contributed by atoms with Crippen molar-refractivity contribution in [1.82, 2.24) is 19.9 Å². The van der Waals surface area contributed by atoms with E-state index in [1.54, 1.807) is 18.5 Å². The van der Waals surface area contributed by atoms with Gasteiger partial charge in [0.1, 0.15) is 16.7 Å². The van der Waals surface area contributed by atoms with Crippen LogP contribution in [0, 0.1) is 5.41 Å². The SMILES string of the molecule is Nc1nc(N2CCC3(CC2)Cc2ccc(C(=O)N4CCCCC4)cc2[C@H]3N)cnc1Sc1ccnc(N)c1Cl. The molecule has 204 valence electrons. The Balaban J connectivity index is 1.13. The first-order valence-electron chi connectivity index (χ1n) is 13.5. The van der Waals surface area contributed by atoms with E-state index in [1.165, 1.54) is 23.7 Å². The minimum absolute atomic E-state index is 0.0155. The molecule has 2 fully saturated rings. The maximum absolute atomic E-state index is 13.1. The molecular weight excluding hydrogens is 532 g/mol. The molecule has 1 spiro atoms. The van der Waals surface area contributed by atoms with Crippen LogP contribution in [-0.4, -0.2) is 51.9 Å². The van der Waals surface area contributed by atoms with Crippen LogP contribution < -0.4 is 22.1 Å². The van der Waals surface area contributed by atoms with Crippen molar-refractivity contribution < 1.29 is 4.79 Å². The monoisotopic (exact) mass is 564 g/mol. The molecule has 4 heterocycles. The number of nitrogen functional groups attached to an aromatic ring is 2. The van der Waals surface area contributed by atoms with E-state index in [0.29, 0.717) is 15.9 Å². The molecule has 3 aliphatic rings. The third-order valence-electron chi connectivity index (χ3n) is 8.50. The van der Waals surface area contributed by atoms with Gasteiger partial charge in [-0.05, 0) is 73.3 Å². The van der Waals surface area contributed by atoms with Crippen LogP contribution in [0.2, 0.25) is 5.02 Å². The van der Waals surface area contributed by atoms with Gasteiger partial charge in [0.05, 0.1) is 11.2 Å². The molecule has 6 rings (SSSR count). The average Bonchev–Trinajstić information content (AvgIpc) is 3.22. The zero-order chi connectivity index (χ0) is 27.1. The Labute approximate surface area is 237 Å². The summed E-state index contributed by atoms with van der Waals surface area (Å²) >= 11 is 7.60. The molecule has 1 aliphatic carbocycles. The van der Waals surface area contributed by atoms with E-state index in [2.05, 4.69) is 32.0 Å². The lowest BCUT2D eigenvalue weighted by Gasteiger charge is -2.42. The van der Waals surface area contributed by atoms with E-state index in [1.807, 2.05) is 11.0 Å². The molecular formula is C28H33ClN8OS. The zero-order valence-corrected chi connectivity index (χ0v) is 23.3. The number of amides is 1. The van der Waals surface area contributed by atoms with Crippen molar-refractivity contribution in [2.75, 3.05) is 42.5 Å². The average molecular weight is 565 g/mol. The largest absolute Gasteiger partial charge is 0.382 e. The first-order chi connectivity index (χ1) is 18.8. The van der Waals surface area contributed by atoms with Crippen molar-refractivity contribution in [3.63, 3.8) is 0 Å². The summed E-state index contributed by atoms with van der Waals surface area (Å²) in [5, 5.41) is 0.953. The Hall–Kier alpha value is -3.08. The van der Waals surface area contributed by atoms with E-state index in [9.17, 15) is 4.79 Å². The maximum Gasteiger partial charge on any atom is 0.253 e.